The van der Waals surface area contributed by atoms with Crippen molar-refractivity contribution >= 4 is 45.0 Å². The third-order valence-corrected chi connectivity index (χ3v) is 6.63. The molecule has 0 bridgehead atoms. The number of nitrogens with one attached hydrogen (secondary N) is 1. The normalized spacial score (nSPS) is 14.3. The summed E-state index contributed by atoms with van der Waals surface area (Å²) < 4.78 is 6.59. The summed E-state index contributed by atoms with van der Waals surface area (Å²) in [4.78, 5) is 17.3. The number of carbonyl (C=O) groups is 1. The molecule has 1 saturated heterocycles. The Morgan fingerprint density at radius 2 is 1.88 bits per heavy atom. The molecule has 1 amide bonds. The van der Waals surface area contributed by atoms with E-state index in [1.54, 1.807) is 0 Å². The third kappa shape index (κ3) is 5.59. The van der Waals surface area contributed by atoms with Crippen molar-refractivity contribution in [3.05, 3.63) is 65.7 Å². The maximum Gasteiger partial charge on any atom is 0.277 e. The smallest absolute Gasteiger partial charge is 0.277 e. The quantitative estimate of drug-likeness (QED) is 0.350. The van der Waals surface area contributed by atoms with Crippen LogP contribution in [0, 0.1) is 0 Å². The predicted molar refractivity (Wildman–Crippen MR) is 132 cm³/mol. The zero-order valence-electron chi connectivity index (χ0n) is 17.5. The Bertz CT molecular complexity index is 1080. The largest absolute Gasteiger partial charge is 0.411 e. The first-order chi connectivity index (χ1) is 15.6. The summed E-state index contributed by atoms with van der Waals surface area (Å²) in [7, 11) is 0. The number of carbonyl (C=O) groups excluding carboxylic acids is 1. The van der Waals surface area contributed by atoms with E-state index in [0.717, 1.165) is 54.1 Å². The Morgan fingerprint density at radius 3 is 2.66 bits per heavy atom. The van der Waals surface area contributed by atoms with Crippen molar-refractivity contribution in [3.63, 3.8) is 0 Å². The van der Waals surface area contributed by atoms with Crippen molar-refractivity contribution in [3.8, 4) is 11.5 Å². The van der Waals surface area contributed by atoms with Crippen molar-refractivity contribution < 1.29 is 9.21 Å². The lowest BCUT2D eigenvalue weighted by Crippen LogP contribution is -2.46. The second-order valence-electron chi connectivity index (χ2n) is 7.28. The molecule has 0 spiro atoms. The summed E-state index contributed by atoms with van der Waals surface area (Å²) in [5.41, 5.74) is 2.67. The molecular formula is C23H24BrN5O2S. The molecule has 0 unspecified atom stereocenters. The van der Waals surface area contributed by atoms with Crippen LogP contribution in [0.15, 0.2) is 75.3 Å². The molecule has 3 aromatic rings. The zero-order chi connectivity index (χ0) is 22.3. The van der Waals surface area contributed by atoms with E-state index in [-0.39, 0.29) is 11.7 Å². The first kappa shape index (κ1) is 22.6. The van der Waals surface area contributed by atoms with Gasteiger partial charge in [0.05, 0.1) is 22.7 Å². The van der Waals surface area contributed by atoms with Gasteiger partial charge in [0.15, 0.2) is 0 Å². The number of hydrogen-bond acceptors (Lipinski definition) is 7. The lowest BCUT2D eigenvalue weighted by atomic mass is 10.2. The fourth-order valence-electron chi connectivity index (χ4n) is 3.53. The molecule has 2 heterocycles. The number of para-hydroxylation sites is 2. The maximum absolute atomic E-state index is 12.6. The van der Waals surface area contributed by atoms with Crippen LogP contribution in [-0.4, -0.2) is 59.5 Å². The van der Waals surface area contributed by atoms with Crippen LogP contribution in [0.25, 0.3) is 11.5 Å². The highest BCUT2D eigenvalue weighted by Gasteiger charge is 2.19. The van der Waals surface area contributed by atoms with E-state index in [1.165, 1.54) is 11.8 Å². The number of benzene rings is 2. The van der Waals surface area contributed by atoms with Gasteiger partial charge in [-0.1, -0.05) is 42.1 Å². The molecule has 7 nitrogen and oxygen atoms in total. The second-order valence-corrected chi connectivity index (χ2v) is 9.06. The molecule has 2 aromatic carbocycles. The van der Waals surface area contributed by atoms with Gasteiger partial charge in [0.1, 0.15) is 0 Å². The predicted octanol–water partition coefficient (Wildman–Crippen LogP) is 4.54. The number of amides is 1. The standard InChI is InChI=1S/C23H24BrN5O2S/c1-2-11-28-12-14-29(15-13-28)20-10-6-5-9-19(20)25-21(30)16-32-23-27-26-22(31-23)17-7-3-4-8-18(17)24/h2-10H,1,11-16H2,(H,25,30). The van der Waals surface area contributed by atoms with Crippen LogP contribution in [-0.2, 0) is 4.79 Å². The summed E-state index contributed by atoms with van der Waals surface area (Å²) in [6.07, 6.45) is 1.94. The van der Waals surface area contributed by atoms with Crippen molar-refractivity contribution in [2.75, 3.05) is 48.7 Å². The van der Waals surface area contributed by atoms with Crippen LogP contribution in [0.1, 0.15) is 0 Å². The van der Waals surface area contributed by atoms with Crippen molar-refractivity contribution in [1.82, 2.24) is 15.1 Å². The van der Waals surface area contributed by atoms with Gasteiger partial charge in [-0.05, 0) is 40.2 Å². The number of aromatic nitrogens is 2. The average Bonchev–Trinajstić information content (AvgIpc) is 3.28. The highest BCUT2D eigenvalue weighted by atomic mass is 79.9. The van der Waals surface area contributed by atoms with Gasteiger partial charge in [0.25, 0.3) is 5.22 Å². The molecule has 32 heavy (non-hydrogen) atoms. The highest BCUT2D eigenvalue weighted by molar-refractivity contribution is 9.10. The Morgan fingerprint density at radius 1 is 1.12 bits per heavy atom. The van der Waals surface area contributed by atoms with Crippen LogP contribution in [0.4, 0.5) is 11.4 Å². The minimum Gasteiger partial charge on any atom is -0.411 e. The van der Waals surface area contributed by atoms with Crippen LogP contribution in [0.2, 0.25) is 0 Å². The third-order valence-electron chi connectivity index (χ3n) is 5.12. The van der Waals surface area contributed by atoms with Gasteiger partial charge in [-0.2, -0.15) is 0 Å². The summed E-state index contributed by atoms with van der Waals surface area (Å²) in [5, 5.41) is 11.5. The second kappa shape index (κ2) is 10.8. The lowest BCUT2D eigenvalue weighted by molar-refractivity contribution is -0.113. The van der Waals surface area contributed by atoms with E-state index < -0.39 is 0 Å². The maximum atomic E-state index is 12.6. The zero-order valence-corrected chi connectivity index (χ0v) is 19.9. The average molecular weight is 514 g/mol. The molecule has 1 fully saturated rings. The molecule has 0 radical (unpaired) electrons. The number of piperazine rings is 1. The van der Waals surface area contributed by atoms with E-state index in [9.17, 15) is 4.79 Å². The van der Waals surface area contributed by atoms with Crippen molar-refractivity contribution in [2.45, 2.75) is 5.22 Å². The van der Waals surface area contributed by atoms with Gasteiger partial charge >= 0.3 is 0 Å². The Kier molecular flexibility index (Phi) is 7.62. The van der Waals surface area contributed by atoms with Gasteiger partial charge in [0.2, 0.25) is 11.8 Å². The minimum absolute atomic E-state index is 0.117. The summed E-state index contributed by atoms with van der Waals surface area (Å²) in [6.45, 7) is 8.49. The van der Waals surface area contributed by atoms with Gasteiger partial charge in [-0.25, -0.2) is 0 Å². The van der Waals surface area contributed by atoms with Gasteiger partial charge in [0, 0.05) is 37.2 Å². The van der Waals surface area contributed by atoms with Crippen LogP contribution in [0.3, 0.4) is 0 Å². The van der Waals surface area contributed by atoms with E-state index in [1.807, 2.05) is 54.6 Å². The first-order valence-electron chi connectivity index (χ1n) is 10.3. The summed E-state index contributed by atoms with van der Waals surface area (Å²) in [6, 6.07) is 15.5. The number of nitrogens with zero attached hydrogens (tertiary/aromatic N) is 4. The molecule has 1 aliphatic rings. The van der Waals surface area contributed by atoms with E-state index in [4.69, 9.17) is 4.42 Å². The van der Waals surface area contributed by atoms with Crippen molar-refractivity contribution in [1.29, 1.82) is 0 Å². The van der Waals surface area contributed by atoms with Crippen LogP contribution in [0.5, 0.6) is 0 Å². The topological polar surface area (TPSA) is 74.5 Å². The summed E-state index contributed by atoms with van der Waals surface area (Å²) in [5.74, 6) is 0.480. The molecule has 4 rings (SSSR count). The minimum atomic E-state index is -0.117. The van der Waals surface area contributed by atoms with E-state index in [2.05, 4.69) is 47.8 Å². The number of hydrogen-bond donors (Lipinski definition) is 1. The van der Waals surface area contributed by atoms with E-state index >= 15 is 0 Å². The highest BCUT2D eigenvalue weighted by Crippen LogP contribution is 2.30. The molecule has 166 valence electrons. The van der Waals surface area contributed by atoms with Crippen molar-refractivity contribution in [2.24, 2.45) is 0 Å². The van der Waals surface area contributed by atoms with Crippen LogP contribution < -0.4 is 10.2 Å². The van der Waals surface area contributed by atoms with Gasteiger partial charge in [-0.3, -0.25) is 9.69 Å². The fourth-order valence-corrected chi connectivity index (χ4v) is 4.55. The molecule has 0 aliphatic carbocycles. The number of halogens is 1. The number of thioether (sulfide) groups is 1. The van der Waals surface area contributed by atoms with Gasteiger partial charge in [-0.15, -0.1) is 16.8 Å². The molecule has 1 N–H and O–H groups in total. The number of anilines is 2. The molecular weight excluding hydrogens is 490 g/mol. The fraction of sp³-hybridized carbons (Fsp3) is 0.261. The first-order valence-corrected chi connectivity index (χ1v) is 12.1. The monoisotopic (exact) mass is 513 g/mol. The molecule has 0 atom stereocenters. The van der Waals surface area contributed by atoms with E-state index in [0.29, 0.717) is 11.1 Å². The Labute approximate surface area is 200 Å². The lowest BCUT2D eigenvalue weighted by Gasteiger charge is -2.36. The molecule has 0 saturated carbocycles. The Hall–Kier alpha value is -2.62. The molecule has 1 aliphatic heterocycles. The SMILES string of the molecule is C=CCN1CCN(c2ccccc2NC(=O)CSc2nnc(-c3ccccc3Br)o2)CC1. The number of rotatable bonds is 8. The molecule has 1 aromatic heterocycles. The Balaban J connectivity index is 1.34. The molecule has 9 heteroatoms. The summed E-state index contributed by atoms with van der Waals surface area (Å²) >= 11 is 4.70. The van der Waals surface area contributed by atoms with Gasteiger partial charge < -0.3 is 14.6 Å². The van der Waals surface area contributed by atoms with Crippen LogP contribution >= 0.6 is 27.7 Å².